The number of hydrogen-bond donors (Lipinski definition) is 2. The Hall–Kier alpha value is -1.37. The van der Waals surface area contributed by atoms with E-state index in [2.05, 4.69) is 10.3 Å². The minimum Gasteiger partial charge on any atom is -0.480 e. The number of rotatable bonds is 4. The van der Waals surface area contributed by atoms with Crippen LogP contribution in [0.3, 0.4) is 0 Å². The van der Waals surface area contributed by atoms with E-state index in [1.54, 1.807) is 4.90 Å². The highest BCUT2D eigenvalue weighted by molar-refractivity contribution is 6.36. The Labute approximate surface area is 125 Å². The van der Waals surface area contributed by atoms with Crippen molar-refractivity contribution in [1.82, 2.24) is 9.88 Å². The Balaban J connectivity index is 1.97. The highest BCUT2D eigenvalue weighted by atomic mass is 35.5. The Morgan fingerprint density at radius 2 is 2.25 bits per heavy atom. The van der Waals surface area contributed by atoms with E-state index in [4.69, 9.17) is 28.3 Å². The van der Waals surface area contributed by atoms with Gasteiger partial charge in [-0.1, -0.05) is 23.2 Å². The van der Waals surface area contributed by atoms with Gasteiger partial charge in [-0.2, -0.15) is 0 Å². The number of pyridine rings is 1. The topological polar surface area (TPSA) is 82.5 Å². The van der Waals surface area contributed by atoms with Gasteiger partial charge in [0, 0.05) is 6.20 Å². The number of aliphatic carboxylic acids is 1. The quantitative estimate of drug-likeness (QED) is 0.886. The van der Waals surface area contributed by atoms with Crippen molar-refractivity contribution in [3.8, 4) is 0 Å². The average Bonchev–Trinajstić information content (AvgIpc) is 2.81. The summed E-state index contributed by atoms with van der Waals surface area (Å²) in [6.07, 6.45) is 2.70. The maximum absolute atomic E-state index is 11.9. The number of anilines is 1. The van der Waals surface area contributed by atoms with Gasteiger partial charge in [-0.15, -0.1) is 0 Å². The SMILES string of the molecule is O=C(CN1CCCC1C(=O)O)Nc1ncc(Cl)cc1Cl. The van der Waals surface area contributed by atoms with Gasteiger partial charge in [0.15, 0.2) is 5.82 Å². The van der Waals surface area contributed by atoms with Crippen molar-refractivity contribution in [2.75, 3.05) is 18.4 Å². The van der Waals surface area contributed by atoms with Gasteiger partial charge < -0.3 is 10.4 Å². The lowest BCUT2D eigenvalue weighted by Crippen LogP contribution is -2.41. The molecule has 2 heterocycles. The van der Waals surface area contributed by atoms with Gasteiger partial charge >= 0.3 is 5.97 Å². The van der Waals surface area contributed by atoms with Gasteiger partial charge in [0.2, 0.25) is 5.91 Å². The molecule has 1 atom stereocenters. The van der Waals surface area contributed by atoms with Crippen molar-refractivity contribution < 1.29 is 14.7 Å². The van der Waals surface area contributed by atoms with Crippen LogP contribution in [-0.2, 0) is 9.59 Å². The summed E-state index contributed by atoms with van der Waals surface area (Å²) in [5, 5.41) is 12.2. The number of carbonyl (C=O) groups is 2. The van der Waals surface area contributed by atoms with Crippen LogP contribution in [0.15, 0.2) is 12.3 Å². The number of carboxylic acid groups (broad SMARTS) is 1. The van der Waals surface area contributed by atoms with Gasteiger partial charge in [0.25, 0.3) is 0 Å². The first kappa shape index (κ1) is 15.0. The van der Waals surface area contributed by atoms with Crippen LogP contribution in [0.1, 0.15) is 12.8 Å². The fourth-order valence-electron chi connectivity index (χ4n) is 2.16. The third-order valence-corrected chi connectivity index (χ3v) is 3.56. The standard InChI is InChI=1S/C12H13Cl2N3O3/c13-7-4-8(14)11(15-5-7)16-10(18)6-17-3-1-2-9(17)12(19)20/h4-5,9H,1-3,6H2,(H,19,20)(H,15,16,18). The van der Waals surface area contributed by atoms with E-state index in [0.717, 1.165) is 6.42 Å². The predicted molar refractivity (Wildman–Crippen MR) is 75.1 cm³/mol. The summed E-state index contributed by atoms with van der Waals surface area (Å²) in [6.45, 7) is 0.587. The van der Waals surface area contributed by atoms with Crippen LogP contribution in [-0.4, -0.2) is 46.0 Å². The van der Waals surface area contributed by atoms with E-state index in [1.165, 1.54) is 12.3 Å². The molecule has 0 spiro atoms. The summed E-state index contributed by atoms with van der Waals surface area (Å²) in [5.41, 5.74) is 0. The van der Waals surface area contributed by atoms with E-state index < -0.39 is 12.0 Å². The maximum Gasteiger partial charge on any atom is 0.320 e. The molecule has 1 fully saturated rings. The van der Waals surface area contributed by atoms with Gasteiger partial charge in [-0.3, -0.25) is 14.5 Å². The van der Waals surface area contributed by atoms with Gasteiger partial charge in [-0.05, 0) is 25.5 Å². The van der Waals surface area contributed by atoms with Crippen molar-refractivity contribution in [2.45, 2.75) is 18.9 Å². The second-order valence-corrected chi connectivity index (χ2v) is 5.34. The molecule has 1 unspecified atom stereocenters. The van der Waals surface area contributed by atoms with Crippen LogP contribution in [0.5, 0.6) is 0 Å². The van der Waals surface area contributed by atoms with Gasteiger partial charge in [-0.25, -0.2) is 4.98 Å². The molecular formula is C12H13Cl2N3O3. The maximum atomic E-state index is 11.9. The Morgan fingerprint density at radius 1 is 1.50 bits per heavy atom. The molecule has 20 heavy (non-hydrogen) atoms. The predicted octanol–water partition coefficient (Wildman–Crippen LogP) is 1.88. The fraction of sp³-hybridized carbons (Fsp3) is 0.417. The minimum atomic E-state index is -0.905. The molecule has 1 aliphatic rings. The summed E-state index contributed by atoms with van der Waals surface area (Å²) in [5.74, 6) is -1.04. The molecule has 1 amide bonds. The number of halogens is 2. The second kappa shape index (κ2) is 6.39. The number of carbonyl (C=O) groups excluding carboxylic acids is 1. The molecule has 8 heteroatoms. The monoisotopic (exact) mass is 317 g/mol. The number of likely N-dealkylation sites (tertiary alicyclic amines) is 1. The molecule has 2 rings (SSSR count). The molecule has 108 valence electrons. The van der Waals surface area contributed by atoms with Crippen molar-refractivity contribution in [3.63, 3.8) is 0 Å². The zero-order valence-electron chi connectivity index (χ0n) is 10.5. The van der Waals surface area contributed by atoms with Crippen LogP contribution < -0.4 is 5.32 Å². The molecule has 0 radical (unpaired) electrons. The molecule has 0 aliphatic carbocycles. The largest absolute Gasteiger partial charge is 0.480 e. The lowest BCUT2D eigenvalue weighted by molar-refractivity contribution is -0.142. The first-order valence-corrected chi connectivity index (χ1v) is 6.80. The Kier molecular flexibility index (Phi) is 4.80. The lowest BCUT2D eigenvalue weighted by atomic mass is 10.2. The highest BCUT2D eigenvalue weighted by Gasteiger charge is 2.31. The van der Waals surface area contributed by atoms with Crippen molar-refractivity contribution in [2.24, 2.45) is 0 Å². The molecule has 0 saturated carbocycles. The highest BCUT2D eigenvalue weighted by Crippen LogP contribution is 2.23. The van der Waals surface area contributed by atoms with Crippen LogP contribution >= 0.6 is 23.2 Å². The summed E-state index contributed by atoms with van der Waals surface area (Å²) < 4.78 is 0. The minimum absolute atomic E-state index is 0.00238. The second-order valence-electron chi connectivity index (χ2n) is 4.50. The first-order valence-electron chi connectivity index (χ1n) is 6.05. The average molecular weight is 318 g/mol. The fourth-order valence-corrected chi connectivity index (χ4v) is 2.58. The van der Waals surface area contributed by atoms with E-state index in [0.29, 0.717) is 18.0 Å². The molecule has 1 aromatic rings. The Morgan fingerprint density at radius 3 is 2.90 bits per heavy atom. The first-order chi connectivity index (χ1) is 9.47. The molecule has 1 aliphatic heterocycles. The van der Waals surface area contributed by atoms with E-state index >= 15 is 0 Å². The summed E-state index contributed by atoms with van der Waals surface area (Å²) >= 11 is 11.6. The zero-order chi connectivity index (χ0) is 14.7. The lowest BCUT2D eigenvalue weighted by Gasteiger charge is -2.20. The number of nitrogens with one attached hydrogen (secondary N) is 1. The van der Waals surface area contributed by atoms with E-state index in [1.807, 2.05) is 0 Å². The Bertz CT molecular complexity index is 539. The van der Waals surface area contributed by atoms with Gasteiger partial charge in [0.1, 0.15) is 6.04 Å². The molecule has 1 aromatic heterocycles. The van der Waals surface area contributed by atoms with Crippen molar-refractivity contribution in [3.05, 3.63) is 22.3 Å². The summed E-state index contributed by atoms with van der Waals surface area (Å²) in [7, 11) is 0. The number of aromatic nitrogens is 1. The number of amides is 1. The summed E-state index contributed by atoms with van der Waals surface area (Å²) in [6, 6.07) is 0.871. The van der Waals surface area contributed by atoms with Crippen molar-refractivity contribution >= 4 is 40.9 Å². The van der Waals surface area contributed by atoms with Crippen LogP contribution in [0.25, 0.3) is 0 Å². The molecule has 2 N–H and O–H groups in total. The number of hydrogen-bond acceptors (Lipinski definition) is 4. The van der Waals surface area contributed by atoms with Gasteiger partial charge in [0.05, 0.1) is 16.6 Å². The van der Waals surface area contributed by atoms with E-state index in [9.17, 15) is 9.59 Å². The summed E-state index contributed by atoms with van der Waals surface area (Å²) in [4.78, 5) is 28.5. The van der Waals surface area contributed by atoms with Crippen molar-refractivity contribution in [1.29, 1.82) is 0 Å². The number of nitrogens with zero attached hydrogens (tertiary/aromatic N) is 2. The molecule has 0 aromatic carbocycles. The third-order valence-electron chi connectivity index (χ3n) is 3.06. The normalized spacial score (nSPS) is 19.0. The molecule has 6 nitrogen and oxygen atoms in total. The van der Waals surface area contributed by atoms with Crippen LogP contribution in [0.4, 0.5) is 5.82 Å². The van der Waals surface area contributed by atoms with Crippen LogP contribution in [0.2, 0.25) is 10.0 Å². The molecule has 0 bridgehead atoms. The third kappa shape index (κ3) is 3.59. The number of carboxylic acids is 1. The smallest absolute Gasteiger partial charge is 0.320 e. The zero-order valence-corrected chi connectivity index (χ0v) is 12.0. The molecule has 1 saturated heterocycles. The van der Waals surface area contributed by atoms with E-state index in [-0.39, 0.29) is 23.3 Å². The van der Waals surface area contributed by atoms with Crippen LogP contribution in [0, 0.1) is 0 Å². The molecular weight excluding hydrogens is 305 g/mol.